The van der Waals surface area contributed by atoms with Gasteiger partial charge in [-0.25, -0.2) is 9.78 Å². The first-order valence-electron chi connectivity index (χ1n) is 10.0. The summed E-state index contributed by atoms with van der Waals surface area (Å²) < 4.78 is 43.1. The average Bonchev–Trinajstić information content (AvgIpc) is 3.34. The summed E-state index contributed by atoms with van der Waals surface area (Å²) in [6.07, 6.45) is -3.23. The molecule has 3 aliphatic heterocycles. The van der Waals surface area contributed by atoms with Gasteiger partial charge in [0.05, 0.1) is 35.9 Å². The number of carbonyl (C=O) groups is 2. The summed E-state index contributed by atoms with van der Waals surface area (Å²) in [6, 6.07) is 0. The lowest BCUT2D eigenvalue weighted by molar-refractivity contribution is -0.192. The largest absolute Gasteiger partial charge is 0.490 e. The number of ether oxygens (including phenoxy) is 2. The van der Waals surface area contributed by atoms with Crippen LogP contribution in [0.4, 0.5) is 13.2 Å². The predicted molar refractivity (Wildman–Crippen MR) is 105 cm³/mol. The Hall–Kier alpha value is -1.76. The van der Waals surface area contributed by atoms with Crippen molar-refractivity contribution in [2.75, 3.05) is 46.0 Å². The fourth-order valence-electron chi connectivity index (χ4n) is 4.23. The van der Waals surface area contributed by atoms with Crippen LogP contribution >= 0.6 is 11.3 Å². The molecule has 31 heavy (non-hydrogen) atoms. The number of morpholine rings is 1. The third kappa shape index (κ3) is 5.54. The topological polar surface area (TPSA) is 92.2 Å². The molecule has 3 fully saturated rings. The highest BCUT2D eigenvalue weighted by Gasteiger charge is 2.54. The highest BCUT2D eigenvalue weighted by atomic mass is 32.1. The molecular formula is C19H26F3N3O5S. The average molecular weight is 465 g/mol. The molecule has 0 aliphatic carbocycles. The van der Waals surface area contributed by atoms with Gasteiger partial charge in [-0.05, 0) is 19.8 Å². The van der Waals surface area contributed by atoms with Gasteiger partial charge in [-0.1, -0.05) is 0 Å². The van der Waals surface area contributed by atoms with Crippen LogP contribution in [0, 0.1) is 12.3 Å². The van der Waals surface area contributed by atoms with E-state index in [1.807, 2.05) is 10.4 Å². The number of carboxylic acids is 1. The van der Waals surface area contributed by atoms with Crippen molar-refractivity contribution in [1.82, 2.24) is 14.8 Å². The van der Waals surface area contributed by atoms with E-state index < -0.39 is 12.1 Å². The molecule has 0 radical (unpaired) electrons. The molecule has 1 aromatic heterocycles. The molecule has 8 nitrogen and oxygen atoms in total. The van der Waals surface area contributed by atoms with E-state index in [-0.39, 0.29) is 17.4 Å². The van der Waals surface area contributed by atoms with Crippen molar-refractivity contribution in [3.8, 4) is 0 Å². The minimum Gasteiger partial charge on any atom is -0.475 e. The van der Waals surface area contributed by atoms with E-state index in [2.05, 4.69) is 16.8 Å². The molecule has 0 bridgehead atoms. The summed E-state index contributed by atoms with van der Waals surface area (Å²) in [4.78, 5) is 32.3. The number of carbonyl (C=O) groups excluding carboxylic acids is 1. The fraction of sp³-hybridized carbons (Fsp3) is 0.737. The molecule has 4 rings (SSSR count). The number of amides is 1. The molecule has 0 unspecified atom stereocenters. The molecule has 0 saturated carbocycles. The van der Waals surface area contributed by atoms with Crippen molar-refractivity contribution < 1.29 is 37.3 Å². The third-order valence-corrected chi connectivity index (χ3v) is 6.80. The van der Waals surface area contributed by atoms with Crippen LogP contribution in [-0.2, 0) is 25.6 Å². The van der Waals surface area contributed by atoms with Crippen LogP contribution in [-0.4, -0.2) is 90.0 Å². The number of fused-ring (bicyclic) bond motifs is 1. The van der Waals surface area contributed by atoms with E-state index in [0.717, 1.165) is 38.2 Å². The quantitative estimate of drug-likeness (QED) is 0.729. The van der Waals surface area contributed by atoms with Crippen molar-refractivity contribution in [3.63, 3.8) is 0 Å². The van der Waals surface area contributed by atoms with Crippen molar-refractivity contribution in [3.05, 3.63) is 16.1 Å². The molecule has 0 spiro atoms. The number of nitrogens with zero attached hydrogens (tertiary/aromatic N) is 3. The summed E-state index contributed by atoms with van der Waals surface area (Å²) in [7, 11) is 0. The lowest BCUT2D eigenvalue weighted by Gasteiger charge is -2.45. The second kappa shape index (κ2) is 9.80. The molecule has 3 saturated heterocycles. The summed E-state index contributed by atoms with van der Waals surface area (Å²) in [6.45, 7) is 8.16. The van der Waals surface area contributed by atoms with Crippen LogP contribution in [0.1, 0.15) is 23.4 Å². The Kier molecular flexibility index (Phi) is 7.55. The highest BCUT2D eigenvalue weighted by Crippen LogP contribution is 2.43. The molecular weight excluding hydrogens is 439 g/mol. The molecule has 0 aromatic carbocycles. The van der Waals surface area contributed by atoms with Crippen molar-refractivity contribution in [1.29, 1.82) is 0 Å². The van der Waals surface area contributed by atoms with Crippen LogP contribution < -0.4 is 0 Å². The molecule has 1 aromatic rings. The van der Waals surface area contributed by atoms with Crippen LogP contribution in [0.5, 0.6) is 0 Å². The zero-order valence-corrected chi connectivity index (χ0v) is 18.0. The first-order valence-corrected chi connectivity index (χ1v) is 10.9. The number of aliphatic carboxylic acids is 1. The Bertz CT molecular complexity index is 784. The Morgan fingerprint density at radius 3 is 2.55 bits per heavy atom. The lowest BCUT2D eigenvalue weighted by atomic mass is 9.75. The van der Waals surface area contributed by atoms with Gasteiger partial charge < -0.3 is 19.5 Å². The van der Waals surface area contributed by atoms with Gasteiger partial charge in [0, 0.05) is 44.2 Å². The molecule has 174 valence electrons. The summed E-state index contributed by atoms with van der Waals surface area (Å²) in [5.74, 6) is -2.48. The second-order valence-electron chi connectivity index (χ2n) is 7.83. The number of piperidine rings is 1. The maximum absolute atomic E-state index is 13.3. The van der Waals surface area contributed by atoms with Gasteiger partial charge in [0.2, 0.25) is 5.91 Å². The number of halogens is 3. The fourth-order valence-corrected chi connectivity index (χ4v) is 5.05. The van der Waals surface area contributed by atoms with E-state index >= 15 is 0 Å². The normalized spacial score (nSPS) is 26.7. The number of likely N-dealkylation sites (tertiary alicyclic amines) is 1. The van der Waals surface area contributed by atoms with Crippen LogP contribution in [0.3, 0.4) is 0 Å². The molecule has 4 heterocycles. The maximum atomic E-state index is 13.3. The number of rotatable bonds is 3. The van der Waals surface area contributed by atoms with Gasteiger partial charge in [0.15, 0.2) is 0 Å². The van der Waals surface area contributed by atoms with E-state index in [0.29, 0.717) is 32.9 Å². The summed E-state index contributed by atoms with van der Waals surface area (Å²) in [5, 5.41) is 7.12. The van der Waals surface area contributed by atoms with E-state index in [4.69, 9.17) is 19.4 Å². The monoisotopic (exact) mass is 465 g/mol. The van der Waals surface area contributed by atoms with E-state index in [1.165, 1.54) is 4.88 Å². The Balaban J connectivity index is 0.000000339. The van der Waals surface area contributed by atoms with Gasteiger partial charge in [-0.3, -0.25) is 9.69 Å². The Morgan fingerprint density at radius 1 is 1.29 bits per heavy atom. The number of carboxylic acid groups (broad SMARTS) is 1. The first-order chi connectivity index (χ1) is 14.6. The number of thiazole rings is 1. The smallest absolute Gasteiger partial charge is 0.475 e. The molecule has 3 aliphatic rings. The summed E-state index contributed by atoms with van der Waals surface area (Å²) >= 11 is 1.71. The second-order valence-corrected chi connectivity index (χ2v) is 8.77. The molecule has 1 N–H and O–H groups in total. The standard InChI is InChI=1S/C17H25N3O3S.C2HF3O2/c1-13-14(24-12-18-13)10-19-4-2-15-17(11-19,3-7-23-15)16(21)20-5-8-22-9-6-20;3-2(4,5)1(6)7/h12,15H,2-11H2,1H3;(H,6,7)/t15-,17-;/m1./s1. The highest BCUT2D eigenvalue weighted by molar-refractivity contribution is 7.09. The third-order valence-electron chi connectivity index (χ3n) is 5.88. The first kappa shape index (κ1) is 23.9. The minimum absolute atomic E-state index is 0.0756. The number of aryl methyl sites for hydroxylation is 1. The number of hydrogen-bond acceptors (Lipinski definition) is 7. The number of alkyl halides is 3. The van der Waals surface area contributed by atoms with Crippen molar-refractivity contribution >= 4 is 23.2 Å². The van der Waals surface area contributed by atoms with Crippen molar-refractivity contribution in [2.24, 2.45) is 5.41 Å². The SMILES string of the molecule is Cc1ncsc1CN1CC[C@H]2OCC[C@@]2(C(=O)N2CCOCC2)C1.O=C(O)C(F)(F)F. The van der Waals surface area contributed by atoms with Crippen LogP contribution in [0.25, 0.3) is 0 Å². The van der Waals surface area contributed by atoms with Gasteiger partial charge in [-0.2, -0.15) is 13.2 Å². The molecule has 2 atom stereocenters. The predicted octanol–water partition coefficient (Wildman–Crippen LogP) is 1.92. The van der Waals surface area contributed by atoms with Gasteiger partial charge in [0.25, 0.3) is 0 Å². The van der Waals surface area contributed by atoms with Crippen molar-refractivity contribution in [2.45, 2.75) is 38.6 Å². The zero-order chi connectivity index (χ0) is 22.6. The van der Waals surface area contributed by atoms with Gasteiger partial charge >= 0.3 is 12.1 Å². The van der Waals surface area contributed by atoms with Gasteiger partial charge in [-0.15, -0.1) is 11.3 Å². The molecule has 1 amide bonds. The number of aromatic nitrogens is 1. The Morgan fingerprint density at radius 2 is 1.97 bits per heavy atom. The number of hydrogen-bond donors (Lipinski definition) is 1. The van der Waals surface area contributed by atoms with E-state index in [9.17, 15) is 18.0 Å². The summed E-state index contributed by atoms with van der Waals surface area (Å²) in [5.41, 5.74) is 2.65. The Labute approximate surface area is 181 Å². The zero-order valence-electron chi connectivity index (χ0n) is 17.2. The maximum Gasteiger partial charge on any atom is 0.490 e. The minimum atomic E-state index is -5.08. The van der Waals surface area contributed by atoms with E-state index in [1.54, 1.807) is 11.3 Å². The van der Waals surface area contributed by atoms with Gasteiger partial charge in [0.1, 0.15) is 0 Å². The van der Waals surface area contributed by atoms with Crippen LogP contribution in [0.2, 0.25) is 0 Å². The lowest BCUT2D eigenvalue weighted by Crippen LogP contribution is -2.59. The molecule has 12 heteroatoms. The van der Waals surface area contributed by atoms with Crippen LogP contribution in [0.15, 0.2) is 5.51 Å².